The number of anilines is 2. The number of halogens is 1. The molecule has 2 heterocycles. The van der Waals surface area contributed by atoms with Gasteiger partial charge in [0.25, 0.3) is 5.91 Å². The summed E-state index contributed by atoms with van der Waals surface area (Å²) < 4.78 is 0. The van der Waals surface area contributed by atoms with E-state index < -0.39 is 0 Å². The number of pyridine rings is 1. The van der Waals surface area contributed by atoms with Crippen molar-refractivity contribution in [1.82, 2.24) is 9.88 Å². The minimum absolute atomic E-state index is 0.217. The smallest absolute Gasteiger partial charge is 0.274 e. The molecule has 0 spiro atoms. The topological polar surface area (TPSA) is 48.5 Å². The molecule has 1 aromatic carbocycles. The van der Waals surface area contributed by atoms with Crippen LogP contribution in [0.4, 0.5) is 11.4 Å². The van der Waals surface area contributed by atoms with Gasteiger partial charge < -0.3 is 15.1 Å². The average Bonchev–Trinajstić information content (AvgIpc) is 2.58. The van der Waals surface area contributed by atoms with Gasteiger partial charge in [-0.2, -0.15) is 0 Å². The Morgan fingerprint density at radius 2 is 1.92 bits per heavy atom. The van der Waals surface area contributed by atoms with Crippen molar-refractivity contribution in [1.29, 1.82) is 0 Å². The molecule has 2 aromatic rings. The summed E-state index contributed by atoms with van der Waals surface area (Å²) in [5.74, 6) is -0.217. The number of hydrogen-bond acceptors (Lipinski definition) is 4. The highest BCUT2D eigenvalue weighted by Crippen LogP contribution is 2.20. The fourth-order valence-electron chi connectivity index (χ4n) is 2.73. The molecule has 0 bridgehead atoms. The second kappa shape index (κ2) is 7.20. The molecule has 1 amide bonds. The van der Waals surface area contributed by atoms with Crippen LogP contribution >= 0.6 is 11.6 Å². The van der Waals surface area contributed by atoms with E-state index in [1.165, 1.54) is 0 Å². The number of nitrogens with zero attached hydrogens (tertiary/aromatic N) is 3. The predicted molar refractivity (Wildman–Crippen MR) is 98.1 cm³/mol. The maximum Gasteiger partial charge on any atom is 0.274 e. The second-order valence-electron chi connectivity index (χ2n) is 6.11. The lowest BCUT2D eigenvalue weighted by Crippen LogP contribution is -2.44. The first-order chi connectivity index (χ1) is 11.5. The maximum absolute atomic E-state index is 12.4. The molecule has 1 fully saturated rings. The maximum atomic E-state index is 12.4. The normalized spacial score (nSPS) is 15.4. The Morgan fingerprint density at radius 1 is 1.17 bits per heavy atom. The van der Waals surface area contributed by atoms with Crippen molar-refractivity contribution in [3.05, 3.63) is 52.8 Å². The van der Waals surface area contributed by atoms with E-state index >= 15 is 0 Å². The largest absolute Gasteiger partial charge is 0.368 e. The average molecular weight is 345 g/mol. The Kier molecular flexibility index (Phi) is 5.02. The lowest BCUT2D eigenvalue weighted by atomic mass is 10.2. The third kappa shape index (κ3) is 3.86. The van der Waals surface area contributed by atoms with Gasteiger partial charge in [-0.05, 0) is 49.9 Å². The van der Waals surface area contributed by atoms with Crippen LogP contribution in [0.1, 0.15) is 16.1 Å². The Bertz CT molecular complexity index is 724. The van der Waals surface area contributed by atoms with Gasteiger partial charge in [0, 0.05) is 36.9 Å². The number of carbonyl (C=O) groups is 1. The van der Waals surface area contributed by atoms with Crippen molar-refractivity contribution >= 4 is 28.9 Å². The van der Waals surface area contributed by atoms with Crippen molar-refractivity contribution in [2.75, 3.05) is 43.4 Å². The predicted octanol–water partition coefficient (Wildman–Crippen LogP) is 3.05. The van der Waals surface area contributed by atoms with Gasteiger partial charge >= 0.3 is 0 Å². The molecule has 0 atom stereocenters. The summed E-state index contributed by atoms with van der Waals surface area (Å²) in [5.41, 5.74) is 3.13. The summed E-state index contributed by atoms with van der Waals surface area (Å²) in [6.07, 6.45) is 1.77. The zero-order chi connectivity index (χ0) is 17.1. The zero-order valence-corrected chi connectivity index (χ0v) is 14.7. The molecular formula is C18H21ClN4O. The van der Waals surface area contributed by atoms with Crippen LogP contribution in [-0.2, 0) is 0 Å². The number of aromatic nitrogens is 1. The molecule has 126 valence electrons. The Hall–Kier alpha value is -2.11. The fourth-order valence-corrected chi connectivity index (χ4v) is 2.95. The SMILES string of the molecule is Cc1cc(Cl)ccc1NC(=O)c1ccc(N2CCN(C)CC2)cn1. The first-order valence-electron chi connectivity index (χ1n) is 8.00. The van der Waals surface area contributed by atoms with Gasteiger partial charge in [0.05, 0.1) is 11.9 Å². The van der Waals surface area contributed by atoms with Crippen LogP contribution < -0.4 is 10.2 Å². The van der Waals surface area contributed by atoms with Crippen LogP contribution in [0.2, 0.25) is 5.02 Å². The molecular weight excluding hydrogens is 324 g/mol. The summed E-state index contributed by atoms with van der Waals surface area (Å²) in [4.78, 5) is 21.3. The van der Waals surface area contributed by atoms with E-state index in [-0.39, 0.29) is 5.91 Å². The van der Waals surface area contributed by atoms with E-state index in [1.54, 1.807) is 24.4 Å². The quantitative estimate of drug-likeness (QED) is 0.929. The van der Waals surface area contributed by atoms with Crippen LogP contribution in [0.25, 0.3) is 0 Å². The second-order valence-corrected chi connectivity index (χ2v) is 6.54. The summed E-state index contributed by atoms with van der Waals surface area (Å²) in [6.45, 7) is 5.95. The van der Waals surface area contributed by atoms with E-state index in [1.807, 2.05) is 19.1 Å². The van der Waals surface area contributed by atoms with Gasteiger partial charge in [-0.1, -0.05) is 11.6 Å². The standard InChI is InChI=1S/C18H21ClN4O/c1-13-11-14(19)3-5-16(13)21-18(24)17-6-4-15(12-20-17)23-9-7-22(2)8-10-23/h3-6,11-12H,7-10H2,1-2H3,(H,21,24). The van der Waals surface area contributed by atoms with Crippen molar-refractivity contribution < 1.29 is 4.79 Å². The third-order valence-electron chi connectivity index (χ3n) is 4.29. The lowest BCUT2D eigenvalue weighted by molar-refractivity contribution is 0.102. The molecule has 24 heavy (non-hydrogen) atoms. The van der Waals surface area contributed by atoms with Gasteiger partial charge in [-0.3, -0.25) is 4.79 Å². The number of benzene rings is 1. The highest BCUT2D eigenvalue weighted by Gasteiger charge is 2.15. The highest BCUT2D eigenvalue weighted by molar-refractivity contribution is 6.30. The van der Waals surface area contributed by atoms with E-state index in [2.05, 4.69) is 27.1 Å². The molecule has 0 saturated carbocycles. The molecule has 1 aliphatic rings. The number of piperazine rings is 1. The van der Waals surface area contributed by atoms with Gasteiger partial charge in [-0.25, -0.2) is 4.98 Å². The van der Waals surface area contributed by atoms with Gasteiger partial charge in [0.2, 0.25) is 0 Å². The molecule has 1 saturated heterocycles. The summed E-state index contributed by atoms with van der Waals surface area (Å²) in [5, 5.41) is 3.53. The van der Waals surface area contributed by atoms with Crippen LogP contribution in [0.5, 0.6) is 0 Å². The van der Waals surface area contributed by atoms with Gasteiger partial charge in [-0.15, -0.1) is 0 Å². The number of rotatable bonds is 3. The molecule has 0 unspecified atom stereocenters. The summed E-state index contributed by atoms with van der Waals surface area (Å²) >= 11 is 5.94. The molecule has 0 aliphatic carbocycles. The number of amides is 1. The van der Waals surface area contributed by atoms with Crippen LogP contribution in [0.3, 0.4) is 0 Å². The van der Waals surface area contributed by atoms with Crippen molar-refractivity contribution in [3.8, 4) is 0 Å². The number of carbonyl (C=O) groups excluding carboxylic acids is 1. The Morgan fingerprint density at radius 3 is 2.54 bits per heavy atom. The first-order valence-corrected chi connectivity index (χ1v) is 8.38. The van der Waals surface area contributed by atoms with Crippen LogP contribution in [-0.4, -0.2) is 49.0 Å². The van der Waals surface area contributed by atoms with Gasteiger partial charge in [0.1, 0.15) is 5.69 Å². The highest BCUT2D eigenvalue weighted by atomic mass is 35.5. The van der Waals surface area contributed by atoms with Crippen molar-refractivity contribution in [2.45, 2.75) is 6.92 Å². The zero-order valence-electron chi connectivity index (χ0n) is 13.9. The first kappa shape index (κ1) is 16.7. The Labute approximate surface area is 147 Å². The summed E-state index contributed by atoms with van der Waals surface area (Å²) in [7, 11) is 2.13. The van der Waals surface area contributed by atoms with Crippen LogP contribution in [0, 0.1) is 6.92 Å². The minimum atomic E-state index is -0.217. The third-order valence-corrected chi connectivity index (χ3v) is 4.52. The molecule has 1 aliphatic heterocycles. The summed E-state index contributed by atoms with van der Waals surface area (Å²) in [6, 6.07) is 9.11. The minimum Gasteiger partial charge on any atom is -0.368 e. The monoisotopic (exact) mass is 344 g/mol. The van der Waals surface area contributed by atoms with Gasteiger partial charge in [0.15, 0.2) is 0 Å². The number of likely N-dealkylation sites (N-methyl/N-ethyl adjacent to an activating group) is 1. The number of hydrogen-bond donors (Lipinski definition) is 1. The van der Waals surface area contributed by atoms with Crippen LogP contribution in [0.15, 0.2) is 36.5 Å². The molecule has 1 N–H and O–H groups in total. The number of aryl methyl sites for hydroxylation is 1. The fraction of sp³-hybridized carbons (Fsp3) is 0.333. The van der Waals surface area contributed by atoms with E-state index in [4.69, 9.17) is 11.6 Å². The van der Waals surface area contributed by atoms with E-state index in [0.717, 1.165) is 43.1 Å². The Balaban J connectivity index is 1.67. The van der Waals surface area contributed by atoms with E-state index in [0.29, 0.717) is 10.7 Å². The lowest BCUT2D eigenvalue weighted by Gasteiger charge is -2.33. The molecule has 1 aromatic heterocycles. The number of nitrogens with one attached hydrogen (secondary N) is 1. The molecule has 6 heteroatoms. The van der Waals surface area contributed by atoms with Crippen molar-refractivity contribution in [2.24, 2.45) is 0 Å². The molecule has 5 nitrogen and oxygen atoms in total. The molecule has 0 radical (unpaired) electrons. The van der Waals surface area contributed by atoms with E-state index in [9.17, 15) is 4.79 Å². The molecule has 3 rings (SSSR count). The van der Waals surface area contributed by atoms with Crippen molar-refractivity contribution in [3.63, 3.8) is 0 Å².